The van der Waals surface area contributed by atoms with Gasteiger partial charge in [-0.2, -0.15) is 4.48 Å². The van der Waals surface area contributed by atoms with E-state index in [2.05, 4.69) is 41.0 Å². The molecule has 1 aromatic heterocycles. The fourth-order valence-electron chi connectivity index (χ4n) is 3.52. The van der Waals surface area contributed by atoms with E-state index < -0.39 is 29.9 Å². The van der Waals surface area contributed by atoms with E-state index in [1.807, 2.05) is 0 Å². The number of aryl methyl sites for hydroxylation is 1. The summed E-state index contributed by atoms with van der Waals surface area (Å²) in [4.78, 5) is 39.3. The van der Waals surface area contributed by atoms with E-state index in [9.17, 15) is 14.4 Å². The SMILES string of the molecule is COCC(=O)[N+]1(COCC[Si](C)(C)C)C(C)=C(C(=O)NN)c2c(Br)cn(C)c(=O)c21. The number of allylic oxidation sites excluding steroid dienone is 1. The van der Waals surface area contributed by atoms with Crippen molar-refractivity contribution in [3.63, 3.8) is 0 Å². The van der Waals surface area contributed by atoms with Crippen LogP contribution in [0.3, 0.4) is 0 Å². The topological polar surface area (TPSA) is 113 Å². The minimum absolute atomic E-state index is 0.113. The number of aromatic nitrogens is 1. The van der Waals surface area contributed by atoms with Crippen LogP contribution in [-0.4, -0.2) is 51.5 Å². The molecule has 0 fully saturated rings. The summed E-state index contributed by atoms with van der Waals surface area (Å²) in [5.41, 5.74) is 2.76. The minimum atomic E-state index is -1.36. The van der Waals surface area contributed by atoms with Crippen LogP contribution in [0.2, 0.25) is 25.7 Å². The van der Waals surface area contributed by atoms with Gasteiger partial charge in [0, 0.05) is 39.8 Å². The van der Waals surface area contributed by atoms with Gasteiger partial charge in [-0.3, -0.25) is 15.0 Å². The van der Waals surface area contributed by atoms with Gasteiger partial charge in [0.25, 0.3) is 5.91 Å². The summed E-state index contributed by atoms with van der Waals surface area (Å²) < 4.78 is 12.4. The molecule has 0 aliphatic carbocycles. The molecule has 1 unspecified atom stereocenters. The Balaban J connectivity index is 2.74. The van der Waals surface area contributed by atoms with Crippen molar-refractivity contribution < 1.29 is 19.1 Å². The van der Waals surface area contributed by atoms with E-state index in [-0.39, 0.29) is 24.6 Å². The third-order valence-electron chi connectivity index (χ3n) is 5.20. The van der Waals surface area contributed by atoms with E-state index in [4.69, 9.17) is 15.3 Å². The summed E-state index contributed by atoms with van der Waals surface area (Å²) in [5.74, 6) is 4.42. The molecular formula is C19H30BrN4O5Si+. The van der Waals surface area contributed by atoms with Crippen LogP contribution in [0.4, 0.5) is 5.69 Å². The maximum absolute atomic E-state index is 13.4. The van der Waals surface area contributed by atoms with Gasteiger partial charge in [0.2, 0.25) is 5.69 Å². The standard InChI is InChI=1S/C19H29BrN4O5Si/c1-12-15(18(26)22-21)16-13(20)9-23(2)19(27)17(16)24(12,14(25)10-28-3)11-29-7-8-30(4,5)6/h9H,7-8,10-11,21H2,1-6H3/p+1. The van der Waals surface area contributed by atoms with Crippen LogP contribution in [0.5, 0.6) is 0 Å². The average molecular weight is 502 g/mol. The first-order valence-corrected chi connectivity index (χ1v) is 14.0. The zero-order chi connectivity index (χ0) is 22.9. The Labute approximate surface area is 185 Å². The van der Waals surface area contributed by atoms with Gasteiger partial charge >= 0.3 is 11.5 Å². The molecule has 0 aromatic carbocycles. The first kappa shape index (κ1) is 24.6. The first-order valence-electron chi connectivity index (χ1n) is 9.53. The van der Waals surface area contributed by atoms with Crippen molar-refractivity contribution >= 4 is 47.1 Å². The van der Waals surface area contributed by atoms with Gasteiger partial charge in [0.1, 0.15) is 11.3 Å². The number of amides is 2. The predicted molar refractivity (Wildman–Crippen MR) is 122 cm³/mol. The van der Waals surface area contributed by atoms with Crippen molar-refractivity contribution in [3.8, 4) is 0 Å². The molecule has 1 aliphatic rings. The van der Waals surface area contributed by atoms with Gasteiger partial charge in [-0.05, 0) is 22.0 Å². The van der Waals surface area contributed by atoms with Crippen LogP contribution in [0.15, 0.2) is 21.2 Å². The highest BCUT2D eigenvalue weighted by atomic mass is 79.9. The van der Waals surface area contributed by atoms with Crippen LogP contribution in [0.1, 0.15) is 12.5 Å². The van der Waals surface area contributed by atoms with Crippen LogP contribution in [0, 0.1) is 0 Å². The van der Waals surface area contributed by atoms with E-state index in [1.54, 1.807) is 20.2 Å². The summed E-state index contributed by atoms with van der Waals surface area (Å²) in [6.45, 7) is 8.41. The number of nitrogens with one attached hydrogen (secondary N) is 1. The number of nitrogens with two attached hydrogens (primary N) is 1. The van der Waals surface area contributed by atoms with Crippen molar-refractivity contribution in [2.45, 2.75) is 32.6 Å². The molecule has 9 nitrogen and oxygen atoms in total. The molecule has 30 heavy (non-hydrogen) atoms. The Hall–Kier alpha value is -1.63. The third kappa shape index (κ3) is 4.36. The van der Waals surface area contributed by atoms with Crippen LogP contribution in [0.25, 0.3) is 5.57 Å². The fourth-order valence-corrected chi connectivity index (χ4v) is 4.97. The molecule has 3 N–H and O–H groups in total. The molecule has 11 heteroatoms. The van der Waals surface area contributed by atoms with Crippen molar-refractivity contribution in [2.75, 3.05) is 27.1 Å². The molecule has 0 bridgehead atoms. The van der Waals surface area contributed by atoms with E-state index in [1.165, 1.54) is 11.7 Å². The van der Waals surface area contributed by atoms with Gasteiger partial charge in [0.15, 0.2) is 13.3 Å². The minimum Gasteiger partial charge on any atom is -0.370 e. The lowest BCUT2D eigenvalue weighted by molar-refractivity contribution is -0.136. The Morgan fingerprint density at radius 2 is 1.97 bits per heavy atom. The van der Waals surface area contributed by atoms with Gasteiger partial charge < -0.3 is 14.0 Å². The number of fused-ring (bicyclic) bond motifs is 1. The van der Waals surface area contributed by atoms with E-state index >= 15 is 0 Å². The molecule has 0 saturated carbocycles. The summed E-state index contributed by atoms with van der Waals surface area (Å²) in [6.07, 6.45) is 1.56. The van der Waals surface area contributed by atoms with Crippen LogP contribution in [-0.2, 0) is 26.1 Å². The monoisotopic (exact) mass is 501 g/mol. The second-order valence-corrected chi connectivity index (χ2v) is 15.0. The summed E-state index contributed by atoms with van der Waals surface area (Å²) in [5, 5.41) is 0. The summed E-state index contributed by atoms with van der Waals surface area (Å²) in [6, 6.07) is 0.897. The molecule has 0 saturated heterocycles. The molecule has 1 aliphatic heterocycles. The highest BCUT2D eigenvalue weighted by molar-refractivity contribution is 9.10. The molecule has 2 heterocycles. The summed E-state index contributed by atoms with van der Waals surface area (Å²) in [7, 11) is 1.63. The lowest BCUT2D eigenvalue weighted by Crippen LogP contribution is -2.57. The molecule has 2 amide bonds. The molecule has 0 radical (unpaired) electrons. The number of methoxy groups -OCH3 is 1. The highest BCUT2D eigenvalue weighted by Gasteiger charge is 2.54. The lowest BCUT2D eigenvalue weighted by atomic mass is 10.1. The third-order valence-corrected chi connectivity index (χ3v) is 7.51. The Morgan fingerprint density at radius 3 is 2.50 bits per heavy atom. The second-order valence-electron chi connectivity index (χ2n) is 8.54. The normalized spacial score (nSPS) is 18.5. The number of halogens is 1. The molecular weight excluding hydrogens is 472 g/mol. The number of pyridine rings is 1. The number of rotatable bonds is 8. The number of quaternary nitrogens is 1. The zero-order valence-corrected chi connectivity index (χ0v) is 20.9. The average Bonchev–Trinajstić information content (AvgIpc) is 2.92. The zero-order valence-electron chi connectivity index (χ0n) is 18.3. The largest absolute Gasteiger partial charge is 0.370 e. The number of hydrogen-bond donors (Lipinski definition) is 2. The Morgan fingerprint density at radius 1 is 1.33 bits per heavy atom. The number of carbonyl (C=O) groups excluding carboxylic acids is 2. The van der Waals surface area contributed by atoms with Gasteiger partial charge in [-0.15, -0.1) is 0 Å². The predicted octanol–water partition coefficient (Wildman–Crippen LogP) is 1.67. The summed E-state index contributed by atoms with van der Waals surface area (Å²) >= 11 is 3.44. The fraction of sp³-hybridized carbons (Fsp3) is 0.526. The molecule has 1 atom stereocenters. The maximum atomic E-state index is 13.4. The highest BCUT2D eigenvalue weighted by Crippen LogP contribution is 2.46. The molecule has 0 spiro atoms. The van der Waals surface area contributed by atoms with Crippen molar-refractivity contribution in [3.05, 3.63) is 32.3 Å². The van der Waals surface area contributed by atoms with Gasteiger partial charge in [-0.25, -0.2) is 10.6 Å². The molecule has 1 aromatic rings. The Kier molecular flexibility index (Phi) is 7.59. The molecule has 2 rings (SSSR count). The lowest BCUT2D eigenvalue weighted by Gasteiger charge is -2.32. The first-order chi connectivity index (χ1) is 13.9. The van der Waals surface area contributed by atoms with Crippen LogP contribution < -0.4 is 21.3 Å². The number of hydrogen-bond acceptors (Lipinski definition) is 6. The number of hydrazine groups is 1. The van der Waals surface area contributed by atoms with Crippen LogP contribution >= 0.6 is 15.9 Å². The van der Waals surface area contributed by atoms with E-state index in [0.717, 1.165) is 6.04 Å². The maximum Gasteiger partial charge on any atom is 0.351 e. The second kappa shape index (κ2) is 9.24. The smallest absolute Gasteiger partial charge is 0.351 e. The van der Waals surface area contributed by atoms with Crippen molar-refractivity contribution in [1.82, 2.24) is 14.5 Å². The number of nitrogens with zero attached hydrogens (tertiary/aromatic N) is 2. The van der Waals surface area contributed by atoms with Crippen molar-refractivity contribution in [1.29, 1.82) is 0 Å². The Bertz CT molecular complexity index is 953. The van der Waals surface area contributed by atoms with Gasteiger partial charge in [-0.1, -0.05) is 19.6 Å². The van der Waals surface area contributed by atoms with E-state index in [0.29, 0.717) is 22.3 Å². The van der Waals surface area contributed by atoms with Crippen molar-refractivity contribution in [2.24, 2.45) is 12.9 Å². The quantitative estimate of drug-likeness (QED) is 0.140. The number of ether oxygens (including phenoxy) is 2. The molecule has 166 valence electrons. The van der Waals surface area contributed by atoms with Gasteiger partial charge in [0.05, 0.1) is 12.2 Å². The number of carbonyl (C=O) groups is 2.